The molecular formula is C22H36ClN11O3. The number of nitrogens with one attached hydrogen (secondary N) is 2. The summed E-state index contributed by atoms with van der Waals surface area (Å²) in [6, 6.07) is 0. The largest absolute Gasteiger partial charge is 0.425 e. The van der Waals surface area contributed by atoms with Crippen LogP contribution >= 0.6 is 11.6 Å². The molecule has 0 spiro atoms. The summed E-state index contributed by atoms with van der Waals surface area (Å²) in [7, 11) is 0. The molecule has 0 atom stereocenters. The Labute approximate surface area is 221 Å². The first-order valence-electron chi connectivity index (χ1n) is 10.0. The Morgan fingerprint density at radius 1 is 1.00 bits per heavy atom. The number of halogens is 1. The molecule has 0 aliphatic heterocycles. The Balaban J connectivity index is -0.000000398. The summed E-state index contributed by atoms with van der Waals surface area (Å²) in [6.45, 7) is 8.94. The molecule has 15 heteroatoms. The molecule has 0 bridgehead atoms. The van der Waals surface area contributed by atoms with E-state index in [-0.39, 0.29) is 19.0 Å². The van der Waals surface area contributed by atoms with Gasteiger partial charge in [-0.05, 0) is 45.7 Å². The number of nitrogen functional groups attached to an aromatic ring is 1. The summed E-state index contributed by atoms with van der Waals surface area (Å²) in [5, 5.41) is 22.3. The van der Waals surface area contributed by atoms with Crippen molar-refractivity contribution in [1.29, 1.82) is 10.8 Å². The van der Waals surface area contributed by atoms with Crippen molar-refractivity contribution in [3.8, 4) is 0 Å². The first-order valence-corrected chi connectivity index (χ1v) is 10.4. The highest BCUT2D eigenvalue weighted by Crippen LogP contribution is 2.08. The van der Waals surface area contributed by atoms with Crippen LogP contribution in [0.5, 0.6) is 0 Å². The average molecular weight is 538 g/mol. The number of hydrogen-bond acceptors (Lipinski definition) is 11. The number of nitrogens with two attached hydrogens (primary N) is 3. The zero-order chi connectivity index (χ0) is 28.3. The number of aldehydes is 2. The molecular weight excluding hydrogens is 502 g/mol. The molecule has 37 heavy (non-hydrogen) atoms. The van der Waals surface area contributed by atoms with Crippen LogP contribution in [0.15, 0.2) is 31.0 Å². The second-order valence-electron chi connectivity index (χ2n) is 6.90. The second kappa shape index (κ2) is 20.9. The van der Waals surface area contributed by atoms with Crippen LogP contribution in [0.4, 0.5) is 5.95 Å². The van der Waals surface area contributed by atoms with Gasteiger partial charge in [0, 0.05) is 30.4 Å². The molecule has 0 unspecified atom stereocenters. The van der Waals surface area contributed by atoms with Crippen molar-refractivity contribution in [2.75, 3.05) is 5.73 Å². The maximum absolute atomic E-state index is 9.50. The number of nitrogens with zero attached hydrogens (tertiary/aromatic N) is 6. The second-order valence-corrected chi connectivity index (χ2v) is 7.25. The highest BCUT2D eigenvalue weighted by Gasteiger charge is 1.94. The first kappa shape index (κ1) is 37.1. The third-order valence-electron chi connectivity index (χ3n) is 3.19. The van der Waals surface area contributed by atoms with Crippen LogP contribution in [0.1, 0.15) is 36.9 Å². The monoisotopic (exact) mass is 537 g/mol. The lowest BCUT2D eigenvalue weighted by Gasteiger charge is -1.94. The highest BCUT2D eigenvalue weighted by molar-refractivity contribution is 6.30. The van der Waals surface area contributed by atoms with Crippen LogP contribution in [-0.4, -0.2) is 53.4 Å². The van der Waals surface area contributed by atoms with Gasteiger partial charge in [-0.25, -0.2) is 24.9 Å². The minimum absolute atomic E-state index is 0. The van der Waals surface area contributed by atoms with Gasteiger partial charge in [0.05, 0.1) is 12.1 Å². The van der Waals surface area contributed by atoms with Gasteiger partial charge in [0.15, 0.2) is 5.96 Å². The molecule has 3 heterocycles. The zero-order valence-electron chi connectivity index (χ0n) is 20.7. The van der Waals surface area contributed by atoms with E-state index in [0.29, 0.717) is 34.2 Å². The Hall–Kier alpha value is -4.46. The minimum Gasteiger partial charge on any atom is -0.425 e. The number of carbonyl (C=O) groups is 2. The van der Waals surface area contributed by atoms with Crippen molar-refractivity contribution in [3.63, 3.8) is 0 Å². The van der Waals surface area contributed by atoms with E-state index in [1.54, 1.807) is 32.4 Å². The molecule has 0 amide bonds. The molecule has 0 aliphatic rings. The molecule has 0 aliphatic carbocycles. The Morgan fingerprint density at radius 2 is 1.46 bits per heavy atom. The number of aromatic nitrogens is 6. The quantitative estimate of drug-likeness (QED) is 0.0681. The third kappa shape index (κ3) is 21.8. The Morgan fingerprint density at radius 3 is 1.76 bits per heavy atom. The molecule has 9 N–H and O–H groups in total. The zero-order valence-corrected chi connectivity index (χ0v) is 21.4. The SMILES string of the molecule is C.CC(C=O)C=O.Cc1cnc(=N)n(O)c1.Cc1cnc(N)nc1.Cc1ncc(C)c(Cl)n1.N=C(N)N. The molecule has 3 aromatic heterocycles. The van der Waals surface area contributed by atoms with Crippen molar-refractivity contribution >= 4 is 36.1 Å². The molecule has 3 aromatic rings. The van der Waals surface area contributed by atoms with Crippen LogP contribution in [-0.2, 0) is 9.59 Å². The maximum atomic E-state index is 9.50. The summed E-state index contributed by atoms with van der Waals surface area (Å²) >= 11 is 5.66. The van der Waals surface area contributed by atoms with Gasteiger partial charge >= 0.3 is 0 Å². The standard InChI is InChI=1S/C6H7ClN2.C5H7N3O.C5H7N3.C4H6O2.CH5N3.CH4/c1-4-3-8-5(2)9-6(4)7;1-4-2-7-5(6)8(9)3-4;1-4-2-7-5(6)8-3-4;1-4(2-5)3-6;2-1(3)4;/h3H,1-2H3;2-3,6,9H,1H3;2-3H,1H3,(H2,6,7,8);2-4H,1H3;(H5,2,3,4);1H4. The fourth-order valence-electron chi connectivity index (χ4n) is 1.45. The molecule has 0 saturated heterocycles. The fraction of sp³-hybridized carbons (Fsp3) is 0.318. The van der Waals surface area contributed by atoms with Crippen molar-refractivity contribution in [1.82, 2.24) is 29.7 Å². The van der Waals surface area contributed by atoms with Gasteiger partial charge in [-0.1, -0.05) is 19.0 Å². The molecule has 3 rings (SSSR count). The summed E-state index contributed by atoms with van der Waals surface area (Å²) in [5.74, 6) is 0.284. The van der Waals surface area contributed by atoms with Crippen molar-refractivity contribution in [2.45, 2.75) is 42.0 Å². The molecule has 0 radical (unpaired) electrons. The van der Waals surface area contributed by atoms with E-state index in [1.165, 1.54) is 12.4 Å². The van der Waals surface area contributed by atoms with Gasteiger partial charge in [0.25, 0.3) is 5.62 Å². The first-order chi connectivity index (χ1) is 16.7. The van der Waals surface area contributed by atoms with E-state index in [9.17, 15) is 9.59 Å². The van der Waals surface area contributed by atoms with E-state index in [1.807, 2.05) is 20.8 Å². The summed E-state index contributed by atoms with van der Waals surface area (Å²) in [6.07, 6.45) is 9.24. The van der Waals surface area contributed by atoms with Gasteiger partial charge in [-0.2, -0.15) is 4.73 Å². The smallest absolute Gasteiger partial charge is 0.255 e. The highest BCUT2D eigenvalue weighted by atomic mass is 35.5. The predicted octanol–water partition coefficient (Wildman–Crippen LogP) is 1.52. The van der Waals surface area contributed by atoms with E-state index in [4.69, 9.17) is 33.4 Å². The number of aryl methyl sites for hydroxylation is 4. The van der Waals surface area contributed by atoms with Crippen LogP contribution in [0.3, 0.4) is 0 Å². The topological polar surface area (TPSA) is 250 Å². The minimum atomic E-state index is -0.426. The van der Waals surface area contributed by atoms with Gasteiger partial charge in [-0.3, -0.25) is 10.8 Å². The summed E-state index contributed by atoms with van der Waals surface area (Å²) < 4.78 is 0.676. The van der Waals surface area contributed by atoms with E-state index >= 15 is 0 Å². The van der Waals surface area contributed by atoms with Gasteiger partial charge in [0.1, 0.15) is 23.5 Å². The number of guanidine groups is 1. The van der Waals surface area contributed by atoms with Gasteiger partial charge in [-0.15, -0.1) is 0 Å². The third-order valence-corrected chi connectivity index (χ3v) is 3.58. The molecule has 14 nitrogen and oxygen atoms in total. The van der Waals surface area contributed by atoms with Crippen molar-refractivity contribution < 1.29 is 14.8 Å². The van der Waals surface area contributed by atoms with Crippen LogP contribution in [0.25, 0.3) is 0 Å². The molecule has 0 fully saturated rings. The molecule has 0 aromatic carbocycles. The Bertz CT molecular complexity index is 1110. The normalized spacial score (nSPS) is 8.62. The van der Waals surface area contributed by atoms with Crippen LogP contribution in [0, 0.1) is 44.4 Å². The van der Waals surface area contributed by atoms with Gasteiger partial charge in [0.2, 0.25) is 5.95 Å². The Kier molecular flexibility index (Phi) is 20.9. The van der Waals surface area contributed by atoms with Crippen LogP contribution < -0.4 is 22.8 Å². The molecule has 204 valence electrons. The fourth-order valence-corrected chi connectivity index (χ4v) is 1.62. The van der Waals surface area contributed by atoms with E-state index < -0.39 is 5.92 Å². The summed E-state index contributed by atoms with van der Waals surface area (Å²) in [5.41, 5.74) is 16.8. The van der Waals surface area contributed by atoms with Gasteiger partial charge < -0.3 is 32.0 Å². The van der Waals surface area contributed by atoms with Crippen LogP contribution in [0.2, 0.25) is 5.15 Å². The van der Waals surface area contributed by atoms with Crippen molar-refractivity contribution in [3.05, 3.63) is 64.3 Å². The maximum Gasteiger partial charge on any atom is 0.255 e. The number of rotatable bonds is 2. The van der Waals surface area contributed by atoms with E-state index in [0.717, 1.165) is 16.7 Å². The van der Waals surface area contributed by atoms with E-state index in [2.05, 4.69) is 36.4 Å². The number of anilines is 1. The number of hydrogen-bond donors (Lipinski definition) is 6. The lowest BCUT2D eigenvalue weighted by molar-refractivity contribution is -0.118. The lowest BCUT2D eigenvalue weighted by Crippen LogP contribution is -2.20. The van der Waals surface area contributed by atoms with Crippen molar-refractivity contribution in [2.24, 2.45) is 17.4 Å². The average Bonchev–Trinajstić information content (AvgIpc) is 2.81. The number of carbonyl (C=O) groups excluding carboxylic acids is 2. The predicted molar refractivity (Wildman–Crippen MR) is 142 cm³/mol. The molecule has 0 saturated carbocycles. The lowest BCUT2D eigenvalue weighted by atomic mass is 10.3. The summed E-state index contributed by atoms with van der Waals surface area (Å²) in [4.78, 5) is 37.9.